The predicted octanol–water partition coefficient (Wildman–Crippen LogP) is 0.564. The van der Waals surface area contributed by atoms with Crippen LogP contribution in [0.4, 0.5) is 0 Å². The summed E-state index contributed by atoms with van der Waals surface area (Å²) < 4.78 is 0. The third-order valence-electron chi connectivity index (χ3n) is 2.04. The zero-order chi connectivity index (χ0) is 8.27. The number of rotatable bonds is 3. The maximum Gasteiger partial charge on any atom is 0.237 e. The van der Waals surface area contributed by atoms with Crippen LogP contribution in [-0.4, -0.2) is 30.1 Å². The lowest BCUT2D eigenvalue weighted by Gasteiger charge is -2.22. The van der Waals surface area contributed by atoms with E-state index in [1.807, 2.05) is 4.90 Å². The van der Waals surface area contributed by atoms with Gasteiger partial charge in [0.05, 0.1) is 12.7 Å². The molecule has 0 radical (unpaired) electrons. The summed E-state index contributed by atoms with van der Waals surface area (Å²) in [6, 6.07) is 0. The highest BCUT2D eigenvalue weighted by atomic mass is 16.2. The van der Waals surface area contributed by atoms with Gasteiger partial charge in [0.15, 0.2) is 0 Å². The normalized spacial score (nSPS) is 24.7. The Labute approximate surface area is 67.8 Å². The van der Waals surface area contributed by atoms with Crippen LogP contribution in [0.25, 0.3) is 0 Å². The van der Waals surface area contributed by atoms with E-state index in [4.69, 9.17) is 0 Å². The first-order chi connectivity index (χ1) is 5.29. The Kier molecular flexibility index (Phi) is 2.88. The number of carbonyl (C=O) groups excluding carboxylic acids is 1. The minimum Gasteiger partial charge on any atom is -0.326 e. The van der Waals surface area contributed by atoms with Crippen LogP contribution in [0.3, 0.4) is 0 Å². The Bertz CT molecular complexity index is 147. The number of amides is 1. The van der Waals surface area contributed by atoms with Crippen LogP contribution in [0.15, 0.2) is 0 Å². The van der Waals surface area contributed by atoms with Gasteiger partial charge in [0.1, 0.15) is 0 Å². The fourth-order valence-electron chi connectivity index (χ4n) is 1.48. The van der Waals surface area contributed by atoms with Crippen molar-refractivity contribution in [2.24, 2.45) is 0 Å². The van der Waals surface area contributed by atoms with Crippen LogP contribution >= 0.6 is 0 Å². The molecule has 1 heterocycles. The van der Waals surface area contributed by atoms with E-state index >= 15 is 0 Å². The van der Waals surface area contributed by atoms with Gasteiger partial charge in [-0.25, -0.2) is 0 Å². The van der Waals surface area contributed by atoms with Crippen molar-refractivity contribution in [1.29, 1.82) is 0 Å². The molecular weight excluding hydrogens is 140 g/mol. The van der Waals surface area contributed by atoms with Crippen molar-refractivity contribution >= 4 is 5.91 Å². The molecular formula is C8H16N2O. The van der Waals surface area contributed by atoms with Gasteiger partial charge in [0.2, 0.25) is 5.91 Å². The van der Waals surface area contributed by atoms with E-state index in [-0.39, 0.29) is 5.91 Å². The molecule has 1 amide bonds. The summed E-state index contributed by atoms with van der Waals surface area (Å²) in [7, 11) is 0. The average Bonchev–Trinajstić information content (AvgIpc) is 2.34. The molecule has 1 atom stereocenters. The van der Waals surface area contributed by atoms with Gasteiger partial charge in [-0.15, -0.1) is 0 Å². The van der Waals surface area contributed by atoms with E-state index in [0.29, 0.717) is 12.7 Å². The molecule has 3 nitrogen and oxygen atoms in total. The van der Waals surface area contributed by atoms with Gasteiger partial charge in [-0.05, 0) is 12.8 Å². The summed E-state index contributed by atoms with van der Waals surface area (Å²) in [5.74, 6) is 0.249. The molecule has 0 spiro atoms. The quantitative estimate of drug-likeness (QED) is 0.647. The van der Waals surface area contributed by atoms with Crippen molar-refractivity contribution in [2.45, 2.75) is 32.9 Å². The molecule has 0 aliphatic carbocycles. The molecule has 1 rings (SSSR count). The predicted molar refractivity (Wildman–Crippen MR) is 44.1 cm³/mol. The summed E-state index contributed by atoms with van der Waals surface area (Å²) in [6.07, 6.45) is 2.35. The van der Waals surface area contributed by atoms with E-state index < -0.39 is 0 Å². The van der Waals surface area contributed by atoms with Gasteiger partial charge in [0.25, 0.3) is 0 Å². The average molecular weight is 156 g/mol. The smallest absolute Gasteiger partial charge is 0.237 e. The molecule has 1 fully saturated rings. The van der Waals surface area contributed by atoms with Crippen molar-refractivity contribution in [3.63, 3.8) is 0 Å². The second-order valence-corrected chi connectivity index (χ2v) is 2.89. The van der Waals surface area contributed by atoms with Crippen LogP contribution in [0.5, 0.6) is 0 Å². The van der Waals surface area contributed by atoms with Crippen LogP contribution in [-0.2, 0) is 4.79 Å². The Morgan fingerprint density at radius 3 is 2.91 bits per heavy atom. The highest BCUT2D eigenvalue weighted by Crippen LogP contribution is 2.08. The number of nitrogens with one attached hydrogen (secondary N) is 1. The largest absolute Gasteiger partial charge is 0.326 e. The molecule has 0 aromatic rings. The summed E-state index contributed by atoms with van der Waals surface area (Å²) in [5.41, 5.74) is 0. The Morgan fingerprint density at radius 1 is 1.64 bits per heavy atom. The van der Waals surface area contributed by atoms with Gasteiger partial charge < -0.3 is 4.90 Å². The fourth-order valence-corrected chi connectivity index (χ4v) is 1.48. The van der Waals surface area contributed by atoms with Gasteiger partial charge in [-0.1, -0.05) is 13.8 Å². The molecule has 0 aromatic heterocycles. The van der Waals surface area contributed by atoms with Crippen LogP contribution in [0, 0.1) is 0 Å². The molecule has 1 saturated heterocycles. The lowest BCUT2D eigenvalue weighted by molar-refractivity contribution is -0.128. The van der Waals surface area contributed by atoms with Crippen molar-refractivity contribution in [1.82, 2.24) is 10.2 Å². The van der Waals surface area contributed by atoms with Gasteiger partial charge in [-0.3, -0.25) is 10.1 Å². The maximum atomic E-state index is 11.2. The molecule has 1 aliphatic rings. The van der Waals surface area contributed by atoms with Crippen molar-refractivity contribution < 1.29 is 4.79 Å². The van der Waals surface area contributed by atoms with E-state index in [0.717, 1.165) is 19.4 Å². The first-order valence-electron chi connectivity index (χ1n) is 4.32. The summed E-state index contributed by atoms with van der Waals surface area (Å²) in [6.45, 7) is 5.61. The van der Waals surface area contributed by atoms with Crippen LogP contribution in [0.1, 0.15) is 26.7 Å². The molecule has 11 heavy (non-hydrogen) atoms. The molecule has 0 bridgehead atoms. The Hall–Kier alpha value is -0.570. The molecule has 3 heteroatoms. The zero-order valence-electron chi connectivity index (χ0n) is 7.26. The summed E-state index contributed by atoms with van der Waals surface area (Å²) >= 11 is 0. The van der Waals surface area contributed by atoms with Crippen LogP contribution < -0.4 is 5.32 Å². The van der Waals surface area contributed by atoms with Crippen molar-refractivity contribution in [3.05, 3.63) is 0 Å². The molecule has 0 aromatic carbocycles. The van der Waals surface area contributed by atoms with E-state index in [1.165, 1.54) is 0 Å². The van der Waals surface area contributed by atoms with Crippen molar-refractivity contribution in [3.8, 4) is 0 Å². The van der Waals surface area contributed by atoms with Crippen molar-refractivity contribution in [2.75, 3.05) is 13.1 Å². The molecule has 1 unspecified atom stereocenters. The standard InChI is InChI=1S/C8H16N2O/c1-3-5-10-7(4-2)9-6-8(10)11/h7,9H,3-6H2,1-2H3. The number of nitrogens with zero attached hydrogens (tertiary/aromatic N) is 1. The Morgan fingerprint density at radius 2 is 2.36 bits per heavy atom. The highest BCUT2D eigenvalue weighted by molar-refractivity contribution is 5.80. The third-order valence-corrected chi connectivity index (χ3v) is 2.04. The maximum absolute atomic E-state index is 11.2. The highest BCUT2D eigenvalue weighted by Gasteiger charge is 2.27. The Balaban J connectivity index is 2.49. The second kappa shape index (κ2) is 3.72. The minimum absolute atomic E-state index is 0.249. The zero-order valence-corrected chi connectivity index (χ0v) is 7.26. The topological polar surface area (TPSA) is 32.3 Å². The number of carbonyl (C=O) groups is 1. The SMILES string of the molecule is CCCN1C(=O)CNC1CC. The van der Waals surface area contributed by atoms with Gasteiger partial charge in [-0.2, -0.15) is 0 Å². The van der Waals surface area contributed by atoms with Gasteiger partial charge >= 0.3 is 0 Å². The van der Waals surface area contributed by atoms with E-state index in [9.17, 15) is 4.79 Å². The summed E-state index contributed by atoms with van der Waals surface area (Å²) in [5, 5.41) is 3.17. The van der Waals surface area contributed by atoms with Gasteiger partial charge in [0, 0.05) is 6.54 Å². The minimum atomic E-state index is 0.249. The first-order valence-corrected chi connectivity index (χ1v) is 4.32. The molecule has 1 N–H and O–H groups in total. The number of hydrogen-bond donors (Lipinski definition) is 1. The van der Waals surface area contributed by atoms with Crippen LogP contribution in [0.2, 0.25) is 0 Å². The lowest BCUT2D eigenvalue weighted by atomic mass is 10.3. The third kappa shape index (κ3) is 1.71. The summed E-state index contributed by atoms with van der Waals surface area (Å²) in [4.78, 5) is 13.1. The van der Waals surface area contributed by atoms with E-state index in [2.05, 4.69) is 19.2 Å². The molecule has 64 valence electrons. The fraction of sp³-hybridized carbons (Fsp3) is 0.875. The first kappa shape index (κ1) is 8.53. The monoisotopic (exact) mass is 156 g/mol. The van der Waals surface area contributed by atoms with E-state index in [1.54, 1.807) is 0 Å². The second-order valence-electron chi connectivity index (χ2n) is 2.89. The lowest BCUT2D eigenvalue weighted by Crippen LogP contribution is -2.37. The molecule has 1 aliphatic heterocycles. The number of hydrogen-bond acceptors (Lipinski definition) is 2. The molecule has 0 saturated carbocycles.